The molecule has 0 radical (unpaired) electrons. The summed E-state index contributed by atoms with van der Waals surface area (Å²) in [5.74, 6) is -0.330. The van der Waals surface area contributed by atoms with Crippen LogP contribution in [-0.2, 0) is 0 Å². The molecular formula is C15H8Cl2O3. The van der Waals surface area contributed by atoms with Gasteiger partial charge < -0.3 is 9.52 Å². The molecule has 0 aliphatic heterocycles. The lowest BCUT2D eigenvalue weighted by atomic mass is 10.1. The molecule has 0 bridgehead atoms. The van der Waals surface area contributed by atoms with Gasteiger partial charge in [0, 0.05) is 21.7 Å². The number of halogens is 2. The Labute approximate surface area is 124 Å². The summed E-state index contributed by atoms with van der Waals surface area (Å²) in [6.07, 6.45) is 0. The molecule has 0 aliphatic rings. The van der Waals surface area contributed by atoms with Gasteiger partial charge in [0.1, 0.15) is 5.58 Å². The van der Waals surface area contributed by atoms with Crippen LogP contribution in [0.5, 0.6) is 5.75 Å². The molecule has 0 fully saturated rings. The Kier molecular flexibility index (Phi) is 3.16. The van der Waals surface area contributed by atoms with Crippen LogP contribution in [0.4, 0.5) is 0 Å². The number of rotatable bonds is 1. The van der Waals surface area contributed by atoms with E-state index in [0.717, 1.165) is 0 Å². The third kappa shape index (κ3) is 2.15. The van der Waals surface area contributed by atoms with Crippen LogP contribution in [0, 0.1) is 0 Å². The molecule has 1 aromatic heterocycles. The van der Waals surface area contributed by atoms with E-state index in [1.165, 1.54) is 12.1 Å². The monoisotopic (exact) mass is 306 g/mol. The Morgan fingerprint density at radius 3 is 2.30 bits per heavy atom. The smallest absolute Gasteiger partial charge is 0.235 e. The molecule has 3 aromatic rings. The van der Waals surface area contributed by atoms with E-state index in [2.05, 4.69) is 0 Å². The van der Waals surface area contributed by atoms with Crippen molar-refractivity contribution in [1.82, 2.24) is 0 Å². The summed E-state index contributed by atoms with van der Waals surface area (Å²) in [4.78, 5) is 12.1. The Morgan fingerprint density at radius 2 is 1.60 bits per heavy atom. The average Bonchev–Trinajstić information content (AvgIpc) is 2.44. The van der Waals surface area contributed by atoms with E-state index < -0.39 is 11.2 Å². The van der Waals surface area contributed by atoms with Crippen molar-refractivity contribution in [1.29, 1.82) is 0 Å². The fraction of sp³-hybridized carbons (Fsp3) is 0. The normalized spacial score (nSPS) is 10.9. The summed E-state index contributed by atoms with van der Waals surface area (Å²) in [5, 5.41) is 11.3. The van der Waals surface area contributed by atoms with E-state index in [-0.39, 0.29) is 11.1 Å². The number of hydrogen-bond donors (Lipinski definition) is 1. The van der Waals surface area contributed by atoms with Gasteiger partial charge in [0.25, 0.3) is 0 Å². The largest absolute Gasteiger partial charge is 0.502 e. The molecule has 1 N–H and O–H groups in total. The van der Waals surface area contributed by atoms with Crippen LogP contribution in [0.1, 0.15) is 0 Å². The summed E-state index contributed by atoms with van der Waals surface area (Å²) in [6, 6.07) is 11.3. The summed E-state index contributed by atoms with van der Waals surface area (Å²) in [7, 11) is 0. The Bertz CT molecular complexity index is 851. The van der Waals surface area contributed by atoms with Crippen molar-refractivity contribution >= 4 is 34.2 Å². The summed E-state index contributed by atoms with van der Waals surface area (Å²) in [5.41, 5.74) is 0.393. The maximum atomic E-state index is 12.1. The third-order valence-electron chi connectivity index (χ3n) is 2.94. The fourth-order valence-electron chi connectivity index (χ4n) is 1.95. The molecule has 100 valence electrons. The van der Waals surface area contributed by atoms with Crippen LogP contribution in [0.3, 0.4) is 0 Å². The van der Waals surface area contributed by atoms with Crippen LogP contribution in [0.25, 0.3) is 22.3 Å². The first-order valence-electron chi connectivity index (χ1n) is 5.77. The highest BCUT2D eigenvalue weighted by Gasteiger charge is 2.15. The molecule has 2 aromatic carbocycles. The highest BCUT2D eigenvalue weighted by Crippen LogP contribution is 2.31. The molecule has 5 heteroatoms. The number of aromatic hydroxyl groups is 1. The minimum Gasteiger partial charge on any atom is -0.502 e. The molecule has 0 aliphatic carbocycles. The predicted molar refractivity (Wildman–Crippen MR) is 79.6 cm³/mol. The lowest BCUT2D eigenvalue weighted by Gasteiger charge is -2.06. The van der Waals surface area contributed by atoms with Crippen molar-refractivity contribution < 1.29 is 9.52 Å². The topological polar surface area (TPSA) is 50.4 Å². The van der Waals surface area contributed by atoms with Gasteiger partial charge in [-0.1, -0.05) is 23.2 Å². The second-order valence-electron chi connectivity index (χ2n) is 4.26. The molecule has 0 saturated heterocycles. The summed E-state index contributed by atoms with van der Waals surface area (Å²) < 4.78 is 5.60. The predicted octanol–water partition coefficient (Wildman–Crippen LogP) is 4.47. The molecule has 0 saturated carbocycles. The highest BCUT2D eigenvalue weighted by atomic mass is 35.5. The maximum Gasteiger partial charge on any atom is 0.235 e. The van der Waals surface area contributed by atoms with Crippen molar-refractivity contribution in [2.45, 2.75) is 0 Å². The second-order valence-corrected chi connectivity index (χ2v) is 5.13. The Hall–Kier alpha value is -1.97. The molecule has 0 atom stereocenters. The van der Waals surface area contributed by atoms with E-state index in [1.54, 1.807) is 30.3 Å². The van der Waals surface area contributed by atoms with Gasteiger partial charge in [0.2, 0.25) is 11.2 Å². The van der Waals surface area contributed by atoms with Crippen LogP contribution in [-0.4, -0.2) is 5.11 Å². The first-order chi connectivity index (χ1) is 9.56. The molecular weight excluding hydrogens is 299 g/mol. The molecule has 0 unspecified atom stereocenters. The zero-order chi connectivity index (χ0) is 14.3. The van der Waals surface area contributed by atoms with Crippen molar-refractivity contribution in [3.8, 4) is 17.1 Å². The van der Waals surface area contributed by atoms with Gasteiger partial charge in [0.15, 0.2) is 5.76 Å². The van der Waals surface area contributed by atoms with Crippen LogP contribution in [0.15, 0.2) is 51.7 Å². The molecule has 0 amide bonds. The quantitative estimate of drug-likeness (QED) is 0.721. The number of hydrogen-bond acceptors (Lipinski definition) is 3. The minimum absolute atomic E-state index is 0.0985. The molecule has 0 spiro atoms. The zero-order valence-electron chi connectivity index (χ0n) is 10.1. The maximum absolute atomic E-state index is 12.1. The van der Waals surface area contributed by atoms with E-state index in [9.17, 15) is 9.90 Å². The lowest BCUT2D eigenvalue weighted by molar-refractivity contribution is 0.449. The van der Waals surface area contributed by atoms with Gasteiger partial charge in [-0.2, -0.15) is 0 Å². The third-order valence-corrected chi connectivity index (χ3v) is 3.42. The molecule has 20 heavy (non-hydrogen) atoms. The van der Waals surface area contributed by atoms with Crippen molar-refractivity contribution in [2.24, 2.45) is 0 Å². The van der Waals surface area contributed by atoms with Gasteiger partial charge in [-0.3, -0.25) is 4.79 Å². The van der Waals surface area contributed by atoms with E-state index >= 15 is 0 Å². The van der Waals surface area contributed by atoms with Gasteiger partial charge in [0.05, 0.1) is 5.39 Å². The Morgan fingerprint density at radius 1 is 0.950 bits per heavy atom. The highest BCUT2D eigenvalue weighted by molar-refractivity contribution is 6.31. The van der Waals surface area contributed by atoms with Crippen molar-refractivity contribution in [3.05, 3.63) is 62.7 Å². The SMILES string of the molecule is O=c1c(O)c(-c2ccc(Cl)cc2)oc2cc(Cl)ccc12. The Balaban J connectivity index is 2.33. The first-order valence-corrected chi connectivity index (χ1v) is 6.53. The van der Waals surface area contributed by atoms with Crippen LogP contribution >= 0.6 is 23.2 Å². The van der Waals surface area contributed by atoms with Crippen LogP contribution < -0.4 is 5.43 Å². The first kappa shape index (κ1) is 13.0. The van der Waals surface area contributed by atoms with Gasteiger partial charge in [-0.25, -0.2) is 0 Å². The molecule has 3 rings (SSSR count). The number of fused-ring (bicyclic) bond motifs is 1. The molecule has 3 nitrogen and oxygen atoms in total. The second kappa shape index (κ2) is 4.85. The van der Waals surface area contributed by atoms with Crippen LogP contribution in [0.2, 0.25) is 10.0 Å². The number of benzene rings is 2. The van der Waals surface area contributed by atoms with Crippen molar-refractivity contribution in [3.63, 3.8) is 0 Å². The van der Waals surface area contributed by atoms with Gasteiger partial charge in [-0.15, -0.1) is 0 Å². The summed E-state index contributed by atoms with van der Waals surface area (Å²) >= 11 is 11.7. The minimum atomic E-state index is -0.493. The van der Waals surface area contributed by atoms with Gasteiger partial charge in [-0.05, 0) is 36.4 Å². The average molecular weight is 307 g/mol. The van der Waals surface area contributed by atoms with Crippen molar-refractivity contribution in [2.75, 3.05) is 0 Å². The van der Waals surface area contributed by atoms with E-state index in [4.69, 9.17) is 27.6 Å². The zero-order valence-corrected chi connectivity index (χ0v) is 11.6. The van der Waals surface area contributed by atoms with E-state index in [0.29, 0.717) is 21.2 Å². The van der Waals surface area contributed by atoms with Gasteiger partial charge >= 0.3 is 0 Å². The summed E-state index contributed by atoms with van der Waals surface area (Å²) in [6.45, 7) is 0. The standard InChI is InChI=1S/C15H8Cl2O3/c16-9-3-1-8(2-4-9)15-14(19)13(18)11-6-5-10(17)7-12(11)20-15/h1-7,19H. The van der Waals surface area contributed by atoms with E-state index in [1.807, 2.05) is 0 Å². The molecule has 1 heterocycles. The fourth-order valence-corrected chi connectivity index (χ4v) is 2.24. The lowest BCUT2D eigenvalue weighted by Crippen LogP contribution is -2.02.